The quantitative estimate of drug-likeness (QED) is 0.646. The van der Waals surface area contributed by atoms with E-state index in [0.717, 1.165) is 6.42 Å². The van der Waals surface area contributed by atoms with Crippen molar-refractivity contribution in [3.8, 4) is 0 Å². The Balaban J connectivity index is 2.00. The van der Waals surface area contributed by atoms with E-state index < -0.39 is 17.3 Å². The number of rotatable bonds is 5. The summed E-state index contributed by atoms with van der Waals surface area (Å²) >= 11 is 0. The molecule has 0 radical (unpaired) electrons. The number of Topliss-reactive ketones (excluding diaryl/α,β-unsaturated/α-hetero) is 1. The highest BCUT2D eigenvalue weighted by Gasteiger charge is 2.25. The number of carbonyl (C=O) groups is 1. The molecule has 1 aromatic carbocycles. The van der Waals surface area contributed by atoms with E-state index in [0.29, 0.717) is 18.8 Å². The number of nitrogens with zero attached hydrogens (tertiary/aromatic N) is 1. The minimum Gasteiger partial charge on any atom is -0.388 e. The largest absolute Gasteiger partial charge is 0.388 e. The topological polar surface area (TPSA) is 98.9 Å². The van der Waals surface area contributed by atoms with E-state index in [1.54, 1.807) is 0 Å². The zero-order valence-electron chi connectivity index (χ0n) is 10.7. The number of ether oxygens (including phenoxy) is 2. The van der Waals surface area contributed by atoms with Gasteiger partial charge in [-0.05, 0) is 12.0 Å². The maximum absolute atomic E-state index is 11.9. The number of hydrogen-bond donors (Lipinski definition) is 1. The Labute approximate surface area is 115 Å². The van der Waals surface area contributed by atoms with Gasteiger partial charge in [0.25, 0.3) is 5.69 Å². The smallest absolute Gasteiger partial charge is 0.269 e. The van der Waals surface area contributed by atoms with Gasteiger partial charge in [0.05, 0.1) is 24.2 Å². The van der Waals surface area contributed by atoms with Crippen LogP contribution in [0.3, 0.4) is 0 Å². The average molecular weight is 281 g/mol. The molecule has 1 fully saturated rings. The van der Waals surface area contributed by atoms with Gasteiger partial charge in [0.2, 0.25) is 6.29 Å². The van der Waals surface area contributed by atoms with Crippen molar-refractivity contribution < 1.29 is 24.3 Å². The Morgan fingerprint density at radius 2 is 2.15 bits per heavy atom. The molecule has 2 rings (SSSR count). The highest BCUT2D eigenvalue weighted by atomic mass is 16.7. The maximum Gasteiger partial charge on any atom is 0.269 e. The summed E-state index contributed by atoms with van der Waals surface area (Å²) in [6, 6.07) is 5.58. The lowest BCUT2D eigenvalue weighted by atomic mass is 10.0. The number of non-ortho nitro benzene ring substituents is 1. The van der Waals surface area contributed by atoms with Crippen LogP contribution in [0.4, 0.5) is 5.69 Å². The Morgan fingerprint density at radius 1 is 1.45 bits per heavy atom. The van der Waals surface area contributed by atoms with Crippen molar-refractivity contribution in [3.05, 3.63) is 39.9 Å². The van der Waals surface area contributed by atoms with E-state index in [1.165, 1.54) is 24.3 Å². The fourth-order valence-corrected chi connectivity index (χ4v) is 1.92. The predicted octanol–water partition coefficient (Wildman–Crippen LogP) is 1.35. The normalized spacial score (nSPS) is 17.6. The van der Waals surface area contributed by atoms with Crippen molar-refractivity contribution in [2.75, 3.05) is 13.2 Å². The van der Waals surface area contributed by atoms with Gasteiger partial charge < -0.3 is 14.6 Å². The summed E-state index contributed by atoms with van der Waals surface area (Å²) in [6.07, 6.45) is -1.53. The third-order valence-corrected chi connectivity index (χ3v) is 2.95. The van der Waals surface area contributed by atoms with E-state index >= 15 is 0 Å². The lowest BCUT2D eigenvalue weighted by Gasteiger charge is -2.22. The molecule has 0 unspecified atom stereocenters. The molecule has 7 heteroatoms. The van der Waals surface area contributed by atoms with Crippen molar-refractivity contribution in [1.29, 1.82) is 0 Å². The fourth-order valence-electron chi connectivity index (χ4n) is 1.92. The molecule has 1 atom stereocenters. The zero-order chi connectivity index (χ0) is 14.5. The first-order chi connectivity index (χ1) is 9.58. The van der Waals surface area contributed by atoms with Crippen LogP contribution in [0.15, 0.2) is 24.3 Å². The van der Waals surface area contributed by atoms with E-state index in [2.05, 4.69) is 0 Å². The Bertz CT molecular complexity index is 497. The Morgan fingerprint density at radius 3 is 2.80 bits per heavy atom. The van der Waals surface area contributed by atoms with Gasteiger partial charge in [0.1, 0.15) is 0 Å². The number of nitro benzene ring substituents is 1. The van der Waals surface area contributed by atoms with Gasteiger partial charge in [0, 0.05) is 18.6 Å². The van der Waals surface area contributed by atoms with Gasteiger partial charge in [-0.25, -0.2) is 0 Å². The van der Waals surface area contributed by atoms with Crippen LogP contribution in [0.2, 0.25) is 0 Å². The molecule has 1 saturated heterocycles. The molecule has 0 saturated carbocycles. The molecule has 0 spiro atoms. The number of aliphatic hydroxyl groups is 1. The zero-order valence-corrected chi connectivity index (χ0v) is 10.7. The first-order valence-electron chi connectivity index (χ1n) is 6.26. The van der Waals surface area contributed by atoms with Gasteiger partial charge in [-0.15, -0.1) is 0 Å². The molecule has 1 aromatic rings. The number of aliphatic hydroxyl groups excluding tert-OH is 1. The molecule has 20 heavy (non-hydrogen) atoms. The first kappa shape index (κ1) is 14.6. The highest BCUT2D eigenvalue weighted by molar-refractivity contribution is 5.82. The van der Waals surface area contributed by atoms with Crippen molar-refractivity contribution in [3.63, 3.8) is 0 Å². The van der Waals surface area contributed by atoms with Crippen molar-refractivity contribution in [2.24, 2.45) is 0 Å². The van der Waals surface area contributed by atoms with Crippen LogP contribution in [0.1, 0.15) is 24.5 Å². The summed E-state index contributed by atoms with van der Waals surface area (Å²) in [7, 11) is 0. The summed E-state index contributed by atoms with van der Waals surface area (Å²) in [6.45, 7) is 0.895. The number of carbonyl (C=O) groups excluding carboxylic acids is 1. The third kappa shape index (κ3) is 3.60. The van der Waals surface area contributed by atoms with Crippen LogP contribution in [0.5, 0.6) is 0 Å². The predicted molar refractivity (Wildman–Crippen MR) is 68.0 cm³/mol. The number of hydrogen-bond acceptors (Lipinski definition) is 6. The molecule has 1 aliphatic rings. The number of ketones is 1. The van der Waals surface area contributed by atoms with Crippen molar-refractivity contribution in [2.45, 2.75) is 25.2 Å². The SMILES string of the molecule is O=C(C[C@H](O)c1cccc([N+](=O)[O-])c1)C1OCCCO1. The molecule has 0 amide bonds. The molecule has 0 aromatic heterocycles. The van der Waals surface area contributed by atoms with Crippen molar-refractivity contribution in [1.82, 2.24) is 0 Å². The van der Waals surface area contributed by atoms with Crippen LogP contribution >= 0.6 is 0 Å². The molecule has 7 nitrogen and oxygen atoms in total. The molecule has 1 N–H and O–H groups in total. The minimum absolute atomic E-state index is 0.126. The second-order valence-electron chi connectivity index (χ2n) is 4.47. The van der Waals surface area contributed by atoms with Gasteiger partial charge in [-0.2, -0.15) is 0 Å². The van der Waals surface area contributed by atoms with Gasteiger partial charge >= 0.3 is 0 Å². The fraction of sp³-hybridized carbons (Fsp3) is 0.462. The monoisotopic (exact) mass is 281 g/mol. The lowest BCUT2D eigenvalue weighted by Crippen LogP contribution is -2.33. The molecule has 1 aliphatic heterocycles. The van der Waals surface area contributed by atoms with Crippen LogP contribution in [0.25, 0.3) is 0 Å². The second kappa shape index (κ2) is 6.56. The van der Waals surface area contributed by atoms with Crippen LogP contribution < -0.4 is 0 Å². The Hall–Kier alpha value is -1.83. The third-order valence-electron chi connectivity index (χ3n) is 2.95. The minimum atomic E-state index is -1.11. The van der Waals surface area contributed by atoms with E-state index in [9.17, 15) is 20.0 Å². The standard InChI is InChI=1S/C13H15NO6/c15-11(8-12(16)13-19-5-2-6-20-13)9-3-1-4-10(7-9)14(17)18/h1,3-4,7,11,13,15H,2,5-6,8H2/t11-/m0/s1. The molecular weight excluding hydrogens is 266 g/mol. The summed E-state index contributed by atoms with van der Waals surface area (Å²) in [4.78, 5) is 22.0. The summed E-state index contributed by atoms with van der Waals surface area (Å²) in [5.74, 6) is -0.372. The number of benzene rings is 1. The van der Waals surface area contributed by atoms with Gasteiger partial charge in [0.15, 0.2) is 5.78 Å². The van der Waals surface area contributed by atoms with Gasteiger partial charge in [-0.1, -0.05) is 12.1 Å². The molecule has 108 valence electrons. The lowest BCUT2D eigenvalue weighted by molar-refractivity contribution is -0.385. The molecule has 0 bridgehead atoms. The summed E-state index contributed by atoms with van der Waals surface area (Å²) in [5, 5.41) is 20.6. The van der Waals surface area contributed by atoms with Crippen LogP contribution in [-0.4, -0.2) is 35.3 Å². The van der Waals surface area contributed by atoms with E-state index in [-0.39, 0.29) is 17.9 Å². The molecule has 0 aliphatic carbocycles. The second-order valence-corrected chi connectivity index (χ2v) is 4.47. The molecule has 1 heterocycles. The maximum atomic E-state index is 11.9. The summed E-state index contributed by atoms with van der Waals surface area (Å²) < 4.78 is 10.3. The van der Waals surface area contributed by atoms with Gasteiger partial charge in [-0.3, -0.25) is 14.9 Å². The van der Waals surface area contributed by atoms with Crippen LogP contribution in [0, 0.1) is 10.1 Å². The first-order valence-corrected chi connectivity index (χ1v) is 6.26. The number of nitro groups is 1. The summed E-state index contributed by atoms with van der Waals surface area (Å²) in [5.41, 5.74) is 0.197. The average Bonchev–Trinajstić information content (AvgIpc) is 2.48. The molecular formula is C13H15NO6. The Kier molecular flexibility index (Phi) is 4.78. The highest BCUT2D eigenvalue weighted by Crippen LogP contribution is 2.23. The van der Waals surface area contributed by atoms with E-state index in [1.807, 2.05) is 0 Å². The van der Waals surface area contributed by atoms with E-state index in [4.69, 9.17) is 9.47 Å². The van der Waals surface area contributed by atoms with Crippen LogP contribution in [-0.2, 0) is 14.3 Å². The van der Waals surface area contributed by atoms with Crippen molar-refractivity contribution >= 4 is 11.5 Å².